The Bertz CT molecular complexity index is 985. The fourth-order valence-electron chi connectivity index (χ4n) is 3.41. The molecule has 1 aliphatic heterocycles. The zero-order valence-electron chi connectivity index (χ0n) is 15.8. The minimum Gasteiger partial charge on any atom is -0.497 e. The third-order valence-corrected chi connectivity index (χ3v) is 4.87. The molecular weight excluding hydrogens is 358 g/mol. The minimum atomic E-state index is -0.231. The summed E-state index contributed by atoms with van der Waals surface area (Å²) in [5.41, 5.74) is 1.80. The predicted molar refractivity (Wildman–Crippen MR) is 102 cm³/mol. The van der Waals surface area contributed by atoms with Gasteiger partial charge in [-0.05, 0) is 36.2 Å². The molecule has 4 rings (SSSR count). The number of likely N-dealkylation sites (tertiary alicyclic amines) is 1. The van der Waals surface area contributed by atoms with Crippen LogP contribution in [0.3, 0.4) is 0 Å². The summed E-state index contributed by atoms with van der Waals surface area (Å²) in [4.78, 5) is 18.8. The second-order valence-corrected chi connectivity index (χ2v) is 6.62. The molecule has 1 amide bonds. The largest absolute Gasteiger partial charge is 0.497 e. The monoisotopic (exact) mass is 379 g/mol. The molecule has 28 heavy (non-hydrogen) atoms. The standard InChI is InChI=1S/C21H21N3O4/c1-26-16-7-3-5-14(11-16)13-24-18(9-10-19(24)25)21-22-20(23-28-21)15-6-4-8-17(12-15)27-2/h3-8,11-12,18H,9-10,13H2,1-2H3. The lowest BCUT2D eigenvalue weighted by molar-refractivity contribution is -0.130. The highest BCUT2D eigenvalue weighted by Gasteiger charge is 2.36. The number of methoxy groups -OCH3 is 2. The second-order valence-electron chi connectivity index (χ2n) is 6.62. The zero-order chi connectivity index (χ0) is 19.5. The van der Waals surface area contributed by atoms with E-state index < -0.39 is 0 Å². The summed E-state index contributed by atoms with van der Waals surface area (Å²) < 4.78 is 16.0. The molecule has 0 saturated carbocycles. The highest BCUT2D eigenvalue weighted by molar-refractivity contribution is 5.78. The molecule has 0 aliphatic carbocycles. The van der Waals surface area contributed by atoms with Crippen molar-refractivity contribution in [1.82, 2.24) is 15.0 Å². The van der Waals surface area contributed by atoms with Crippen LogP contribution in [0.4, 0.5) is 0 Å². The highest BCUT2D eigenvalue weighted by atomic mass is 16.5. The van der Waals surface area contributed by atoms with E-state index in [0.29, 0.717) is 31.1 Å². The van der Waals surface area contributed by atoms with Gasteiger partial charge in [0.25, 0.3) is 0 Å². The van der Waals surface area contributed by atoms with Gasteiger partial charge in [-0.1, -0.05) is 29.4 Å². The maximum absolute atomic E-state index is 12.5. The van der Waals surface area contributed by atoms with Crippen LogP contribution in [0.1, 0.15) is 30.3 Å². The van der Waals surface area contributed by atoms with E-state index in [1.807, 2.05) is 48.5 Å². The maximum atomic E-state index is 12.5. The van der Waals surface area contributed by atoms with Crippen LogP contribution >= 0.6 is 0 Å². The van der Waals surface area contributed by atoms with Crippen LogP contribution in [-0.2, 0) is 11.3 Å². The Balaban J connectivity index is 1.57. The van der Waals surface area contributed by atoms with Crippen LogP contribution in [0.15, 0.2) is 53.1 Å². The average molecular weight is 379 g/mol. The van der Waals surface area contributed by atoms with Crippen LogP contribution in [0.5, 0.6) is 11.5 Å². The fraction of sp³-hybridized carbons (Fsp3) is 0.286. The first-order valence-electron chi connectivity index (χ1n) is 9.08. The number of hydrogen-bond acceptors (Lipinski definition) is 6. The van der Waals surface area contributed by atoms with Gasteiger partial charge in [0.05, 0.1) is 14.2 Å². The molecule has 1 atom stereocenters. The molecule has 0 radical (unpaired) electrons. The number of nitrogens with zero attached hydrogens (tertiary/aromatic N) is 3. The predicted octanol–water partition coefficient (Wildman–Crippen LogP) is 3.62. The molecule has 7 nitrogen and oxygen atoms in total. The van der Waals surface area contributed by atoms with Gasteiger partial charge in [-0.2, -0.15) is 4.98 Å². The second kappa shape index (κ2) is 7.72. The number of carbonyl (C=O) groups is 1. The Kier molecular flexibility index (Phi) is 4.97. The van der Waals surface area contributed by atoms with Crippen LogP contribution in [0.2, 0.25) is 0 Å². The van der Waals surface area contributed by atoms with E-state index in [4.69, 9.17) is 14.0 Å². The number of aromatic nitrogens is 2. The first-order chi connectivity index (χ1) is 13.7. The van der Waals surface area contributed by atoms with Crippen LogP contribution < -0.4 is 9.47 Å². The summed E-state index contributed by atoms with van der Waals surface area (Å²) >= 11 is 0. The van der Waals surface area contributed by atoms with Crippen molar-refractivity contribution in [1.29, 1.82) is 0 Å². The first kappa shape index (κ1) is 18.0. The van der Waals surface area contributed by atoms with Gasteiger partial charge in [0, 0.05) is 18.5 Å². The number of carbonyl (C=O) groups excluding carboxylic acids is 1. The first-order valence-corrected chi connectivity index (χ1v) is 9.08. The van der Waals surface area contributed by atoms with E-state index in [0.717, 1.165) is 22.6 Å². The highest BCUT2D eigenvalue weighted by Crippen LogP contribution is 2.34. The van der Waals surface area contributed by atoms with Gasteiger partial charge < -0.3 is 18.9 Å². The Morgan fingerprint density at radius 3 is 2.64 bits per heavy atom. The quantitative estimate of drug-likeness (QED) is 0.651. The number of rotatable bonds is 6. The van der Waals surface area contributed by atoms with Gasteiger partial charge in [-0.25, -0.2) is 0 Å². The van der Waals surface area contributed by atoms with Gasteiger partial charge in [0.1, 0.15) is 17.5 Å². The van der Waals surface area contributed by atoms with Gasteiger partial charge in [-0.3, -0.25) is 4.79 Å². The lowest BCUT2D eigenvalue weighted by Gasteiger charge is -2.22. The smallest absolute Gasteiger partial charge is 0.249 e. The van der Waals surface area contributed by atoms with Crippen LogP contribution in [0, 0.1) is 0 Å². The lowest BCUT2D eigenvalue weighted by Crippen LogP contribution is -2.27. The van der Waals surface area contributed by atoms with Gasteiger partial charge in [0.2, 0.25) is 17.6 Å². The van der Waals surface area contributed by atoms with E-state index in [-0.39, 0.29) is 11.9 Å². The molecule has 0 spiro atoms. The maximum Gasteiger partial charge on any atom is 0.249 e. The summed E-state index contributed by atoms with van der Waals surface area (Å²) in [5, 5.41) is 4.10. The topological polar surface area (TPSA) is 77.7 Å². The van der Waals surface area contributed by atoms with Crippen molar-refractivity contribution < 1.29 is 18.8 Å². The Hall–Kier alpha value is -3.35. The SMILES string of the molecule is COc1cccc(CN2C(=O)CCC2c2nc(-c3cccc(OC)c3)no2)c1. The number of ether oxygens (including phenoxy) is 2. The van der Waals surface area contributed by atoms with Gasteiger partial charge in [-0.15, -0.1) is 0 Å². The fourth-order valence-corrected chi connectivity index (χ4v) is 3.41. The third kappa shape index (κ3) is 3.55. The number of hydrogen-bond donors (Lipinski definition) is 0. The summed E-state index contributed by atoms with van der Waals surface area (Å²) in [6.07, 6.45) is 1.12. The van der Waals surface area contributed by atoms with Crippen molar-refractivity contribution in [3.05, 3.63) is 60.0 Å². The molecule has 1 aromatic heterocycles. The van der Waals surface area contributed by atoms with Crippen molar-refractivity contribution in [3.63, 3.8) is 0 Å². The Morgan fingerprint density at radius 2 is 1.86 bits per heavy atom. The zero-order valence-corrected chi connectivity index (χ0v) is 15.8. The van der Waals surface area contributed by atoms with E-state index in [2.05, 4.69) is 10.1 Å². The summed E-state index contributed by atoms with van der Waals surface area (Å²) in [7, 11) is 3.24. The van der Waals surface area contributed by atoms with Gasteiger partial charge in [0.15, 0.2) is 0 Å². The summed E-state index contributed by atoms with van der Waals surface area (Å²) in [6, 6.07) is 14.9. The van der Waals surface area contributed by atoms with Crippen LogP contribution in [0.25, 0.3) is 11.4 Å². The molecule has 3 aromatic rings. The van der Waals surface area contributed by atoms with E-state index in [1.54, 1.807) is 19.1 Å². The van der Waals surface area contributed by atoms with Crippen LogP contribution in [-0.4, -0.2) is 35.2 Å². The molecule has 1 saturated heterocycles. The minimum absolute atomic E-state index is 0.0777. The molecular formula is C21H21N3O4. The Morgan fingerprint density at radius 1 is 1.11 bits per heavy atom. The molecule has 2 heterocycles. The molecule has 0 N–H and O–H groups in total. The molecule has 1 unspecified atom stereocenters. The molecule has 7 heteroatoms. The normalized spacial score (nSPS) is 16.4. The van der Waals surface area contributed by atoms with E-state index >= 15 is 0 Å². The van der Waals surface area contributed by atoms with E-state index in [1.165, 1.54) is 0 Å². The molecule has 1 aliphatic rings. The van der Waals surface area contributed by atoms with Gasteiger partial charge >= 0.3 is 0 Å². The molecule has 1 fully saturated rings. The molecule has 2 aromatic carbocycles. The Labute approximate surface area is 162 Å². The number of amides is 1. The van der Waals surface area contributed by atoms with Crippen molar-refractivity contribution in [2.24, 2.45) is 0 Å². The van der Waals surface area contributed by atoms with E-state index in [9.17, 15) is 4.79 Å². The lowest BCUT2D eigenvalue weighted by atomic mass is 10.1. The summed E-state index contributed by atoms with van der Waals surface area (Å²) in [6.45, 7) is 0.470. The van der Waals surface area contributed by atoms with Crippen molar-refractivity contribution in [3.8, 4) is 22.9 Å². The van der Waals surface area contributed by atoms with Crippen molar-refractivity contribution in [2.45, 2.75) is 25.4 Å². The molecule has 144 valence electrons. The average Bonchev–Trinajstić information content (AvgIpc) is 3.36. The summed E-state index contributed by atoms with van der Waals surface area (Å²) in [5.74, 6) is 2.49. The van der Waals surface area contributed by atoms with Crippen molar-refractivity contribution >= 4 is 5.91 Å². The van der Waals surface area contributed by atoms with Crippen molar-refractivity contribution in [2.75, 3.05) is 14.2 Å². The third-order valence-electron chi connectivity index (χ3n) is 4.87. The number of benzene rings is 2. The molecule has 0 bridgehead atoms.